The largest absolute Gasteiger partial charge is 0.473 e. The van der Waals surface area contributed by atoms with E-state index in [4.69, 9.17) is 4.74 Å². The molecule has 0 spiro atoms. The average Bonchev–Trinajstić information content (AvgIpc) is 2.32. The Morgan fingerprint density at radius 3 is 3.06 bits per heavy atom. The summed E-state index contributed by atoms with van der Waals surface area (Å²) in [5.74, 6) is 0.704. The Kier molecular flexibility index (Phi) is 6.89. The van der Waals surface area contributed by atoms with E-state index in [1.54, 1.807) is 6.20 Å². The van der Waals surface area contributed by atoms with Crippen LogP contribution in [0, 0.1) is 0 Å². The zero-order valence-electron chi connectivity index (χ0n) is 10.4. The minimum Gasteiger partial charge on any atom is -0.473 e. The van der Waals surface area contributed by atoms with E-state index in [-0.39, 0.29) is 0 Å². The summed E-state index contributed by atoms with van der Waals surface area (Å²) in [6, 6.07) is 2.04. The molecule has 1 aromatic heterocycles. The maximum absolute atomic E-state index is 5.60. The summed E-state index contributed by atoms with van der Waals surface area (Å²) in [7, 11) is 0. The number of aromatic nitrogens is 1. The highest BCUT2D eigenvalue weighted by Gasteiger charge is 2.05. The Morgan fingerprint density at radius 1 is 1.53 bits per heavy atom. The Morgan fingerprint density at radius 2 is 2.35 bits per heavy atom. The van der Waals surface area contributed by atoms with E-state index < -0.39 is 0 Å². The molecule has 94 valence electrons. The van der Waals surface area contributed by atoms with Crippen molar-refractivity contribution in [1.82, 2.24) is 10.3 Å². The van der Waals surface area contributed by atoms with Crippen LogP contribution in [0.1, 0.15) is 25.8 Å². The van der Waals surface area contributed by atoms with Gasteiger partial charge in [-0.3, -0.25) is 0 Å². The smallest absolute Gasteiger partial charge is 0.218 e. The molecule has 0 saturated heterocycles. The van der Waals surface area contributed by atoms with Crippen LogP contribution in [-0.4, -0.2) is 18.1 Å². The first kappa shape index (κ1) is 14.2. The Labute approximate surface area is 111 Å². The van der Waals surface area contributed by atoms with Crippen molar-refractivity contribution in [3.05, 3.63) is 34.5 Å². The van der Waals surface area contributed by atoms with Crippen molar-refractivity contribution < 1.29 is 4.74 Å². The van der Waals surface area contributed by atoms with Gasteiger partial charge in [-0.05, 0) is 41.9 Å². The van der Waals surface area contributed by atoms with Gasteiger partial charge in [0.15, 0.2) is 0 Å². The van der Waals surface area contributed by atoms with Gasteiger partial charge < -0.3 is 10.1 Å². The first-order valence-electron chi connectivity index (χ1n) is 5.87. The van der Waals surface area contributed by atoms with E-state index in [9.17, 15) is 0 Å². The molecule has 17 heavy (non-hydrogen) atoms. The van der Waals surface area contributed by atoms with E-state index >= 15 is 0 Å². The molecule has 0 bridgehead atoms. The fourth-order valence-electron chi connectivity index (χ4n) is 1.35. The molecule has 0 aromatic carbocycles. The van der Waals surface area contributed by atoms with Crippen LogP contribution < -0.4 is 10.1 Å². The lowest BCUT2D eigenvalue weighted by atomic mass is 10.2. The summed E-state index contributed by atoms with van der Waals surface area (Å²) in [4.78, 5) is 4.29. The van der Waals surface area contributed by atoms with Gasteiger partial charge in [-0.2, -0.15) is 0 Å². The van der Waals surface area contributed by atoms with E-state index in [0.29, 0.717) is 12.5 Å². The lowest BCUT2D eigenvalue weighted by Gasteiger charge is -2.10. The summed E-state index contributed by atoms with van der Waals surface area (Å²) >= 11 is 3.43. The summed E-state index contributed by atoms with van der Waals surface area (Å²) in [5.41, 5.74) is 1.08. The van der Waals surface area contributed by atoms with Crippen molar-refractivity contribution in [2.24, 2.45) is 0 Å². The topological polar surface area (TPSA) is 34.1 Å². The molecule has 3 nitrogen and oxygen atoms in total. The lowest BCUT2D eigenvalue weighted by molar-refractivity contribution is 0.342. The highest BCUT2D eigenvalue weighted by molar-refractivity contribution is 9.10. The fraction of sp³-hybridized carbons (Fsp3) is 0.462. The van der Waals surface area contributed by atoms with Gasteiger partial charge in [0.05, 0.1) is 0 Å². The number of hydrogen-bond acceptors (Lipinski definition) is 3. The van der Waals surface area contributed by atoms with Crippen molar-refractivity contribution in [1.29, 1.82) is 0 Å². The third-order valence-corrected chi connectivity index (χ3v) is 2.62. The van der Waals surface area contributed by atoms with Crippen LogP contribution in [0.15, 0.2) is 28.9 Å². The van der Waals surface area contributed by atoms with Gasteiger partial charge in [0, 0.05) is 22.8 Å². The van der Waals surface area contributed by atoms with Gasteiger partial charge in [0.1, 0.15) is 6.61 Å². The molecule has 0 unspecified atom stereocenters. The first-order chi connectivity index (χ1) is 8.27. The SMILES string of the molecule is CC=CCOc1ncc(Br)cc1CNCCC. The van der Waals surface area contributed by atoms with Gasteiger partial charge in [0.25, 0.3) is 0 Å². The third kappa shape index (κ3) is 5.33. The van der Waals surface area contributed by atoms with E-state index in [1.807, 2.05) is 25.1 Å². The molecular weight excluding hydrogens is 280 g/mol. The highest BCUT2D eigenvalue weighted by Crippen LogP contribution is 2.19. The Hall–Kier alpha value is -0.870. The molecule has 4 heteroatoms. The maximum Gasteiger partial charge on any atom is 0.218 e. The van der Waals surface area contributed by atoms with Gasteiger partial charge in [-0.25, -0.2) is 4.98 Å². The highest BCUT2D eigenvalue weighted by atomic mass is 79.9. The predicted octanol–water partition coefficient (Wildman–Crippen LogP) is 3.30. The van der Waals surface area contributed by atoms with Crippen LogP contribution in [0.5, 0.6) is 5.88 Å². The van der Waals surface area contributed by atoms with Gasteiger partial charge in [-0.15, -0.1) is 0 Å². The zero-order valence-corrected chi connectivity index (χ0v) is 12.0. The Balaban J connectivity index is 2.65. The number of nitrogens with zero attached hydrogens (tertiary/aromatic N) is 1. The molecule has 1 N–H and O–H groups in total. The minimum absolute atomic E-state index is 0.561. The number of hydrogen-bond donors (Lipinski definition) is 1. The van der Waals surface area contributed by atoms with E-state index in [2.05, 4.69) is 33.2 Å². The average molecular weight is 299 g/mol. The molecule has 1 aromatic rings. The zero-order chi connectivity index (χ0) is 12.5. The summed E-state index contributed by atoms with van der Waals surface area (Å²) < 4.78 is 6.58. The van der Waals surface area contributed by atoms with Gasteiger partial charge >= 0.3 is 0 Å². The van der Waals surface area contributed by atoms with Crippen LogP contribution in [0.25, 0.3) is 0 Å². The molecular formula is C13H19BrN2O. The standard InChI is InChI=1S/C13H19BrN2O/c1-3-5-7-17-13-11(9-15-6-4-2)8-12(14)10-16-13/h3,5,8,10,15H,4,6-7,9H2,1-2H3. The second-order valence-corrected chi connectivity index (χ2v) is 4.59. The van der Waals surface area contributed by atoms with Crippen molar-refractivity contribution >= 4 is 15.9 Å². The van der Waals surface area contributed by atoms with Crippen molar-refractivity contribution in [3.8, 4) is 5.88 Å². The normalized spacial score (nSPS) is 11.0. The lowest BCUT2D eigenvalue weighted by Crippen LogP contribution is -2.15. The molecule has 0 atom stereocenters. The van der Waals surface area contributed by atoms with Crippen LogP contribution in [0.3, 0.4) is 0 Å². The molecule has 1 heterocycles. The number of halogens is 1. The van der Waals surface area contributed by atoms with E-state index in [1.165, 1.54) is 0 Å². The Bertz CT molecular complexity index is 366. The van der Waals surface area contributed by atoms with Crippen LogP contribution in [-0.2, 0) is 6.54 Å². The van der Waals surface area contributed by atoms with Crippen LogP contribution in [0.4, 0.5) is 0 Å². The molecule has 1 rings (SSSR count). The molecule has 0 aliphatic rings. The van der Waals surface area contributed by atoms with Gasteiger partial charge in [0.2, 0.25) is 5.88 Å². The van der Waals surface area contributed by atoms with Crippen molar-refractivity contribution in [2.45, 2.75) is 26.8 Å². The number of ether oxygens (including phenoxy) is 1. The molecule has 0 radical (unpaired) electrons. The first-order valence-corrected chi connectivity index (χ1v) is 6.66. The molecule has 0 fully saturated rings. The second-order valence-electron chi connectivity index (χ2n) is 3.67. The summed E-state index contributed by atoms with van der Waals surface area (Å²) in [6.07, 6.45) is 6.81. The molecule has 0 aliphatic carbocycles. The van der Waals surface area contributed by atoms with Crippen LogP contribution in [0.2, 0.25) is 0 Å². The molecule has 0 aliphatic heterocycles. The van der Waals surface area contributed by atoms with E-state index in [0.717, 1.165) is 29.5 Å². The second kappa shape index (κ2) is 8.25. The van der Waals surface area contributed by atoms with Gasteiger partial charge in [-0.1, -0.05) is 19.1 Å². The van der Waals surface area contributed by atoms with Crippen molar-refractivity contribution in [3.63, 3.8) is 0 Å². The fourth-order valence-corrected chi connectivity index (χ4v) is 1.73. The quantitative estimate of drug-likeness (QED) is 0.619. The molecule has 0 amide bonds. The minimum atomic E-state index is 0.561. The summed E-state index contributed by atoms with van der Waals surface area (Å²) in [6.45, 7) is 6.47. The van der Waals surface area contributed by atoms with Crippen molar-refractivity contribution in [2.75, 3.05) is 13.2 Å². The maximum atomic E-state index is 5.60. The monoisotopic (exact) mass is 298 g/mol. The number of nitrogens with one attached hydrogen (secondary N) is 1. The van der Waals surface area contributed by atoms with Crippen LogP contribution >= 0.6 is 15.9 Å². The number of allylic oxidation sites excluding steroid dienone is 1. The number of rotatable bonds is 7. The predicted molar refractivity (Wildman–Crippen MR) is 74.2 cm³/mol. The number of pyridine rings is 1. The molecule has 0 saturated carbocycles. The summed E-state index contributed by atoms with van der Waals surface area (Å²) in [5, 5.41) is 3.35. The third-order valence-electron chi connectivity index (χ3n) is 2.19.